The van der Waals surface area contributed by atoms with Crippen molar-refractivity contribution in [3.63, 3.8) is 0 Å². The monoisotopic (exact) mass is 424 g/mol. The molecule has 3 nitrogen and oxygen atoms in total. The van der Waals surface area contributed by atoms with E-state index in [2.05, 4.69) is 0 Å². The number of hydrogen-bond donors (Lipinski definition) is 0. The Morgan fingerprint density at radius 1 is 0.931 bits per heavy atom. The molecule has 0 unspecified atom stereocenters. The molecule has 0 aliphatic heterocycles. The Morgan fingerprint density at radius 3 is 2.34 bits per heavy atom. The Labute approximate surface area is 178 Å². The first-order chi connectivity index (χ1) is 13.9. The molecule has 29 heavy (non-hydrogen) atoms. The van der Waals surface area contributed by atoms with Gasteiger partial charge in [-0.3, -0.25) is 4.79 Å². The summed E-state index contributed by atoms with van der Waals surface area (Å²) in [6.45, 7) is 4.10. The normalized spacial score (nSPS) is 11.0. The van der Waals surface area contributed by atoms with Crippen LogP contribution in [0.2, 0.25) is 10.0 Å². The molecule has 0 N–H and O–H groups in total. The van der Waals surface area contributed by atoms with Crippen LogP contribution in [0.1, 0.15) is 16.7 Å². The highest BCUT2D eigenvalue weighted by atomic mass is 35.5. The molecular formula is C24H18Cl2O3. The Hall–Kier alpha value is -2.75. The second-order valence-corrected chi connectivity index (χ2v) is 7.75. The fourth-order valence-electron chi connectivity index (χ4n) is 3.12. The van der Waals surface area contributed by atoms with Gasteiger partial charge in [-0.05, 0) is 67.4 Å². The predicted octanol–water partition coefficient (Wildman–Crippen LogP) is 6.96. The number of rotatable bonds is 4. The Kier molecular flexibility index (Phi) is 5.35. The first-order valence-electron chi connectivity index (χ1n) is 9.14. The van der Waals surface area contributed by atoms with Crippen molar-refractivity contribution in [1.29, 1.82) is 0 Å². The van der Waals surface area contributed by atoms with Gasteiger partial charge in [0.05, 0.1) is 5.39 Å². The average molecular weight is 425 g/mol. The van der Waals surface area contributed by atoms with Crippen LogP contribution in [0.5, 0.6) is 5.75 Å². The van der Waals surface area contributed by atoms with Crippen LogP contribution >= 0.6 is 23.2 Å². The summed E-state index contributed by atoms with van der Waals surface area (Å²) in [6.07, 6.45) is 0. The Morgan fingerprint density at radius 2 is 1.62 bits per heavy atom. The van der Waals surface area contributed by atoms with Gasteiger partial charge in [-0.1, -0.05) is 41.4 Å². The van der Waals surface area contributed by atoms with Crippen molar-refractivity contribution >= 4 is 34.2 Å². The number of fused-ring (bicyclic) bond motifs is 1. The van der Waals surface area contributed by atoms with E-state index >= 15 is 0 Å². The van der Waals surface area contributed by atoms with E-state index in [1.165, 1.54) is 0 Å². The third-order valence-electron chi connectivity index (χ3n) is 4.90. The van der Waals surface area contributed by atoms with Gasteiger partial charge in [-0.25, -0.2) is 0 Å². The van der Waals surface area contributed by atoms with Crippen LogP contribution in [-0.4, -0.2) is 0 Å². The molecule has 4 aromatic rings. The van der Waals surface area contributed by atoms with E-state index in [0.29, 0.717) is 32.3 Å². The maximum atomic E-state index is 13.3. The van der Waals surface area contributed by atoms with Crippen molar-refractivity contribution in [2.45, 2.75) is 20.5 Å². The SMILES string of the molecule is Cc1cc2oc(-c3ccc(Cl)cc3)c(OCc3ccccc3Cl)c(=O)c2cc1C. The molecule has 1 heterocycles. The first kappa shape index (κ1) is 19.6. The van der Waals surface area contributed by atoms with Gasteiger partial charge < -0.3 is 9.15 Å². The van der Waals surface area contributed by atoms with Gasteiger partial charge >= 0.3 is 0 Å². The van der Waals surface area contributed by atoms with Crippen LogP contribution in [0.3, 0.4) is 0 Å². The molecule has 3 aromatic carbocycles. The molecule has 0 atom stereocenters. The topological polar surface area (TPSA) is 39.4 Å². The van der Waals surface area contributed by atoms with Crippen molar-refractivity contribution in [3.8, 4) is 17.1 Å². The van der Waals surface area contributed by atoms with E-state index in [0.717, 1.165) is 16.7 Å². The second-order valence-electron chi connectivity index (χ2n) is 6.91. The van der Waals surface area contributed by atoms with E-state index in [-0.39, 0.29) is 17.8 Å². The van der Waals surface area contributed by atoms with E-state index in [9.17, 15) is 4.79 Å². The zero-order valence-corrected chi connectivity index (χ0v) is 17.5. The van der Waals surface area contributed by atoms with Crippen molar-refractivity contribution in [1.82, 2.24) is 0 Å². The van der Waals surface area contributed by atoms with Crippen LogP contribution in [0.4, 0.5) is 0 Å². The molecule has 5 heteroatoms. The van der Waals surface area contributed by atoms with Crippen molar-refractivity contribution in [2.75, 3.05) is 0 Å². The van der Waals surface area contributed by atoms with E-state index < -0.39 is 0 Å². The minimum atomic E-state index is -0.216. The van der Waals surface area contributed by atoms with Crippen molar-refractivity contribution in [3.05, 3.63) is 97.6 Å². The molecular weight excluding hydrogens is 407 g/mol. The molecule has 4 rings (SSSR count). The summed E-state index contributed by atoms with van der Waals surface area (Å²) in [5.74, 6) is 0.525. The van der Waals surface area contributed by atoms with E-state index in [1.807, 2.05) is 44.2 Å². The van der Waals surface area contributed by atoms with Gasteiger partial charge in [0.2, 0.25) is 11.2 Å². The quantitative estimate of drug-likeness (QED) is 0.355. The minimum absolute atomic E-state index is 0.154. The zero-order chi connectivity index (χ0) is 20.5. The summed E-state index contributed by atoms with van der Waals surface area (Å²) in [5, 5.41) is 1.67. The summed E-state index contributed by atoms with van der Waals surface area (Å²) in [7, 11) is 0. The molecule has 1 aromatic heterocycles. The molecule has 0 radical (unpaired) electrons. The Balaban J connectivity index is 1.89. The second kappa shape index (κ2) is 7.94. The van der Waals surface area contributed by atoms with Gasteiger partial charge in [0.15, 0.2) is 5.76 Å². The van der Waals surface area contributed by atoms with Gasteiger partial charge in [-0.15, -0.1) is 0 Å². The highest BCUT2D eigenvalue weighted by Crippen LogP contribution is 2.33. The summed E-state index contributed by atoms with van der Waals surface area (Å²) in [5.41, 5.74) is 3.87. The summed E-state index contributed by atoms with van der Waals surface area (Å²) >= 11 is 12.3. The third kappa shape index (κ3) is 3.89. The van der Waals surface area contributed by atoms with Crippen LogP contribution < -0.4 is 10.2 Å². The van der Waals surface area contributed by atoms with E-state index in [4.69, 9.17) is 32.4 Å². The molecule has 0 fully saturated rings. The lowest BCUT2D eigenvalue weighted by molar-refractivity contribution is 0.298. The average Bonchev–Trinajstić information content (AvgIpc) is 2.70. The van der Waals surface area contributed by atoms with Crippen LogP contribution in [0.25, 0.3) is 22.3 Å². The number of hydrogen-bond acceptors (Lipinski definition) is 3. The van der Waals surface area contributed by atoms with Gasteiger partial charge in [0, 0.05) is 21.2 Å². The van der Waals surface area contributed by atoms with Crippen LogP contribution in [0.15, 0.2) is 69.9 Å². The number of benzene rings is 3. The highest BCUT2D eigenvalue weighted by Gasteiger charge is 2.19. The summed E-state index contributed by atoms with van der Waals surface area (Å²) < 4.78 is 12.1. The van der Waals surface area contributed by atoms with Crippen molar-refractivity contribution in [2.24, 2.45) is 0 Å². The van der Waals surface area contributed by atoms with Crippen LogP contribution in [0, 0.1) is 13.8 Å². The summed E-state index contributed by atoms with van der Waals surface area (Å²) in [4.78, 5) is 13.3. The lowest BCUT2D eigenvalue weighted by Gasteiger charge is -2.13. The molecule has 0 saturated carbocycles. The fraction of sp³-hybridized carbons (Fsp3) is 0.125. The standard InChI is InChI=1S/C24H18Cl2O3/c1-14-11-19-21(12-15(14)2)29-23(16-7-9-18(25)10-8-16)24(22(19)27)28-13-17-5-3-4-6-20(17)26/h3-12H,13H2,1-2H3. The first-order valence-corrected chi connectivity index (χ1v) is 9.90. The largest absolute Gasteiger partial charge is 0.481 e. The number of ether oxygens (including phenoxy) is 1. The van der Waals surface area contributed by atoms with Gasteiger partial charge in [0.1, 0.15) is 12.2 Å². The molecule has 0 spiro atoms. The highest BCUT2D eigenvalue weighted by molar-refractivity contribution is 6.31. The number of halogens is 2. The third-order valence-corrected chi connectivity index (χ3v) is 5.52. The lowest BCUT2D eigenvalue weighted by atomic mass is 10.0. The molecule has 0 bridgehead atoms. The smallest absolute Gasteiger partial charge is 0.235 e. The molecule has 0 saturated heterocycles. The van der Waals surface area contributed by atoms with Gasteiger partial charge in [0.25, 0.3) is 0 Å². The molecule has 0 amide bonds. The summed E-state index contributed by atoms with van der Waals surface area (Å²) in [6, 6.07) is 18.2. The molecule has 146 valence electrons. The van der Waals surface area contributed by atoms with Crippen molar-refractivity contribution < 1.29 is 9.15 Å². The predicted molar refractivity (Wildman–Crippen MR) is 118 cm³/mol. The minimum Gasteiger partial charge on any atom is -0.481 e. The van der Waals surface area contributed by atoms with E-state index in [1.54, 1.807) is 30.3 Å². The molecule has 0 aliphatic carbocycles. The maximum Gasteiger partial charge on any atom is 0.235 e. The van der Waals surface area contributed by atoms with Gasteiger partial charge in [-0.2, -0.15) is 0 Å². The lowest BCUT2D eigenvalue weighted by Crippen LogP contribution is -2.11. The zero-order valence-electron chi connectivity index (χ0n) is 16.0. The fourth-order valence-corrected chi connectivity index (χ4v) is 3.44. The maximum absolute atomic E-state index is 13.3. The molecule has 0 aliphatic rings. The number of aryl methyl sites for hydroxylation is 2. The Bertz CT molecular complexity index is 1260. The van der Waals surface area contributed by atoms with Crippen LogP contribution in [-0.2, 0) is 6.61 Å².